The number of hydrogen-bond acceptors (Lipinski definition) is 3. The molecular weight excluding hydrogens is 377 g/mol. The summed E-state index contributed by atoms with van der Waals surface area (Å²) in [5, 5.41) is 10.1. The first kappa shape index (κ1) is 14.1. The fourth-order valence-electron chi connectivity index (χ4n) is 1.51. The highest BCUT2D eigenvalue weighted by atomic mass is 127. The summed E-state index contributed by atoms with van der Waals surface area (Å²) in [6.45, 7) is 0. The monoisotopic (exact) mass is 387 g/mol. The number of phenolic OH excluding ortho intramolecular Hbond substituents is 1. The van der Waals surface area contributed by atoms with Gasteiger partial charge < -0.3 is 9.84 Å². The van der Waals surface area contributed by atoms with E-state index in [9.17, 15) is 5.11 Å². The number of phenols is 1. The summed E-state index contributed by atoms with van der Waals surface area (Å²) in [5.74, 6) is 0.923. The normalized spacial score (nSPS) is 10.9. The number of ether oxygens (including phenoxy) is 1. The topological polar surface area (TPSA) is 41.8 Å². The predicted molar refractivity (Wildman–Crippen MR) is 86.1 cm³/mol. The molecule has 0 aliphatic rings. The van der Waals surface area contributed by atoms with Crippen molar-refractivity contribution in [2.75, 3.05) is 7.11 Å². The molecule has 0 heterocycles. The van der Waals surface area contributed by atoms with Crippen LogP contribution in [0.5, 0.6) is 11.5 Å². The first-order valence-corrected chi connectivity index (χ1v) is 6.92. The maximum atomic E-state index is 9.46. The third-order valence-electron chi connectivity index (χ3n) is 2.47. The quantitative estimate of drug-likeness (QED) is 0.626. The SMILES string of the molecule is COc1ccc(Cl)cc1N=Cc1ccc(O)c(I)c1. The van der Waals surface area contributed by atoms with Crippen LogP contribution in [0, 0.1) is 3.57 Å². The lowest BCUT2D eigenvalue weighted by Crippen LogP contribution is -1.85. The maximum absolute atomic E-state index is 9.46. The second-order valence-corrected chi connectivity index (χ2v) is 5.38. The van der Waals surface area contributed by atoms with Gasteiger partial charge in [-0.3, -0.25) is 4.99 Å². The molecule has 5 heteroatoms. The fraction of sp³-hybridized carbons (Fsp3) is 0.0714. The van der Waals surface area contributed by atoms with E-state index in [2.05, 4.69) is 27.6 Å². The molecule has 0 aliphatic heterocycles. The zero-order valence-corrected chi connectivity index (χ0v) is 13.0. The average Bonchev–Trinajstić information content (AvgIpc) is 2.40. The highest BCUT2D eigenvalue weighted by molar-refractivity contribution is 14.1. The molecule has 0 saturated heterocycles. The van der Waals surface area contributed by atoms with E-state index in [1.54, 1.807) is 43.7 Å². The minimum Gasteiger partial charge on any atom is -0.507 e. The summed E-state index contributed by atoms with van der Waals surface area (Å²) in [6, 6.07) is 10.5. The lowest BCUT2D eigenvalue weighted by molar-refractivity contribution is 0.416. The molecule has 0 atom stereocenters. The van der Waals surface area contributed by atoms with Gasteiger partial charge in [0.1, 0.15) is 17.2 Å². The highest BCUT2D eigenvalue weighted by Gasteiger charge is 2.02. The third kappa shape index (κ3) is 3.61. The van der Waals surface area contributed by atoms with Crippen LogP contribution in [0.2, 0.25) is 5.02 Å². The molecule has 98 valence electrons. The van der Waals surface area contributed by atoms with Gasteiger partial charge in [0.05, 0.1) is 10.7 Å². The molecule has 0 radical (unpaired) electrons. The van der Waals surface area contributed by atoms with Gasteiger partial charge in [-0.05, 0) is 64.6 Å². The summed E-state index contributed by atoms with van der Waals surface area (Å²) >= 11 is 8.00. The van der Waals surface area contributed by atoms with Crippen molar-refractivity contribution in [3.63, 3.8) is 0 Å². The smallest absolute Gasteiger partial charge is 0.144 e. The van der Waals surface area contributed by atoms with Gasteiger partial charge in [-0.2, -0.15) is 0 Å². The molecule has 0 spiro atoms. The number of aliphatic imine (C=N–C) groups is 1. The fourth-order valence-corrected chi connectivity index (χ4v) is 2.22. The molecule has 2 aromatic rings. The Labute approximate surface area is 130 Å². The summed E-state index contributed by atoms with van der Waals surface area (Å²) in [5.41, 5.74) is 1.56. The summed E-state index contributed by atoms with van der Waals surface area (Å²) in [7, 11) is 1.59. The first-order valence-electron chi connectivity index (χ1n) is 5.46. The Kier molecular flexibility index (Phi) is 4.66. The number of halogens is 2. The molecular formula is C14H11ClINO2. The Hall–Kier alpha value is -1.27. The maximum Gasteiger partial charge on any atom is 0.144 e. The molecule has 0 aromatic heterocycles. The van der Waals surface area contributed by atoms with Crippen molar-refractivity contribution in [1.82, 2.24) is 0 Å². The average molecular weight is 388 g/mol. The van der Waals surface area contributed by atoms with Gasteiger partial charge in [-0.1, -0.05) is 11.6 Å². The number of nitrogens with zero attached hydrogens (tertiary/aromatic N) is 1. The lowest BCUT2D eigenvalue weighted by Gasteiger charge is -2.04. The van der Waals surface area contributed by atoms with Crippen LogP contribution in [0.4, 0.5) is 5.69 Å². The molecule has 0 amide bonds. The van der Waals surface area contributed by atoms with E-state index >= 15 is 0 Å². The van der Waals surface area contributed by atoms with Crippen LogP contribution in [0.15, 0.2) is 41.4 Å². The zero-order chi connectivity index (χ0) is 13.8. The Morgan fingerprint density at radius 2 is 2.05 bits per heavy atom. The Bertz CT molecular complexity index is 629. The van der Waals surface area contributed by atoms with Gasteiger partial charge in [0.2, 0.25) is 0 Å². The van der Waals surface area contributed by atoms with Crippen LogP contribution < -0.4 is 4.74 Å². The standard InChI is InChI=1S/C14H11ClINO2/c1-19-14-5-3-10(15)7-12(14)17-8-9-2-4-13(18)11(16)6-9/h2-8,18H,1H3. The van der Waals surface area contributed by atoms with E-state index in [0.717, 1.165) is 9.13 Å². The van der Waals surface area contributed by atoms with Crippen molar-refractivity contribution in [1.29, 1.82) is 0 Å². The van der Waals surface area contributed by atoms with Gasteiger partial charge in [-0.15, -0.1) is 0 Å². The molecule has 2 rings (SSSR count). The summed E-state index contributed by atoms with van der Waals surface area (Å²) < 4.78 is 6.00. The number of hydrogen-bond donors (Lipinski definition) is 1. The number of aromatic hydroxyl groups is 1. The van der Waals surface area contributed by atoms with Gasteiger partial charge in [-0.25, -0.2) is 0 Å². The van der Waals surface area contributed by atoms with E-state index in [4.69, 9.17) is 16.3 Å². The first-order chi connectivity index (χ1) is 9.10. The predicted octanol–water partition coefficient (Wildman–Crippen LogP) is 4.41. The van der Waals surface area contributed by atoms with Crippen LogP contribution in [0.3, 0.4) is 0 Å². The van der Waals surface area contributed by atoms with Crippen molar-refractivity contribution in [3.05, 3.63) is 50.6 Å². The van der Waals surface area contributed by atoms with Gasteiger partial charge in [0, 0.05) is 11.2 Å². The zero-order valence-electron chi connectivity index (χ0n) is 10.1. The summed E-state index contributed by atoms with van der Waals surface area (Å²) in [6.07, 6.45) is 1.70. The van der Waals surface area contributed by atoms with E-state index in [0.29, 0.717) is 16.5 Å². The molecule has 2 aromatic carbocycles. The molecule has 3 nitrogen and oxygen atoms in total. The van der Waals surface area contributed by atoms with Crippen molar-refractivity contribution >= 4 is 46.1 Å². The van der Waals surface area contributed by atoms with Crippen LogP contribution in [-0.4, -0.2) is 18.4 Å². The molecule has 19 heavy (non-hydrogen) atoms. The molecule has 0 aliphatic carbocycles. The van der Waals surface area contributed by atoms with Crippen molar-refractivity contribution in [2.24, 2.45) is 4.99 Å². The minimum atomic E-state index is 0.262. The highest BCUT2D eigenvalue weighted by Crippen LogP contribution is 2.30. The van der Waals surface area contributed by atoms with Crippen molar-refractivity contribution in [3.8, 4) is 11.5 Å². The Morgan fingerprint density at radius 3 is 2.74 bits per heavy atom. The largest absolute Gasteiger partial charge is 0.507 e. The molecule has 1 N–H and O–H groups in total. The molecule has 0 bridgehead atoms. The van der Waals surface area contributed by atoms with Crippen LogP contribution in [0.25, 0.3) is 0 Å². The lowest BCUT2D eigenvalue weighted by atomic mass is 10.2. The van der Waals surface area contributed by atoms with Crippen molar-refractivity contribution < 1.29 is 9.84 Å². The second-order valence-electron chi connectivity index (χ2n) is 3.79. The van der Waals surface area contributed by atoms with Crippen LogP contribution in [0.1, 0.15) is 5.56 Å². The van der Waals surface area contributed by atoms with Gasteiger partial charge >= 0.3 is 0 Å². The Balaban J connectivity index is 2.31. The number of rotatable bonds is 3. The third-order valence-corrected chi connectivity index (χ3v) is 3.56. The van der Waals surface area contributed by atoms with E-state index in [1.807, 2.05) is 6.07 Å². The minimum absolute atomic E-state index is 0.262. The van der Waals surface area contributed by atoms with Gasteiger partial charge in [0.25, 0.3) is 0 Å². The van der Waals surface area contributed by atoms with E-state index in [1.165, 1.54) is 0 Å². The van der Waals surface area contributed by atoms with E-state index in [-0.39, 0.29) is 5.75 Å². The number of methoxy groups -OCH3 is 1. The molecule has 0 fully saturated rings. The number of benzene rings is 2. The second kappa shape index (κ2) is 6.25. The molecule has 0 saturated carbocycles. The van der Waals surface area contributed by atoms with Crippen LogP contribution in [-0.2, 0) is 0 Å². The summed E-state index contributed by atoms with van der Waals surface area (Å²) in [4.78, 5) is 4.36. The van der Waals surface area contributed by atoms with Crippen LogP contribution >= 0.6 is 34.2 Å². The van der Waals surface area contributed by atoms with Crippen molar-refractivity contribution in [2.45, 2.75) is 0 Å². The molecule has 0 unspecified atom stereocenters. The van der Waals surface area contributed by atoms with Gasteiger partial charge in [0.15, 0.2) is 0 Å². The van der Waals surface area contributed by atoms with E-state index < -0.39 is 0 Å². The Morgan fingerprint density at radius 1 is 1.26 bits per heavy atom.